The highest BCUT2D eigenvalue weighted by atomic mass is 35.5. The first-order valence-corrected chi connectivity index (χ1v) is 7.60. The monoisotopic (exact) mass is 372 g/mol. The van der Waals surface area contributed by atoms with Crippen LogP contribution < -0.4 is 0 Å². The van der Waals surface area contributed by atoms with Crippen LogP contribution in [0, 0.1) is 0 Å². The number of halogens is 4. The van der Waals surface area contributed by atoms with Gasteiger partial charge in [0.15, 0.2) is 0 Å². The fourth-order valence-electron chi connectivity index (χ4n) is 1.61. The zero-order valence-electron chi connectivity index (χ0n) is 11.0. The first-order chi connectivity index (χ1) is 9.82. The van der Waals surface area contributed by atoms with Crippen LogP contribution in [-0.4, -0.2) is 23.7 Å². The molecule has 4 nitrogen and oxygen atoms in total. The Hall–Kier alpha value is -0.680. The summed E-state index contributed by atoms with van der Waals surface area (Å²) in [7, 11) is 0. The highest BCUT2D eigenvalue weighted by Crippen LogP contribution is 2.41. The molecule has 1 N–H and O–H groups in total. The highest BCUT2D eigenvalue weighted by Gasteiger charge is 2.29. The Morgan fingerprint density at radius 2 is 1.48 bits per heavy atom. The second-order valence-corrected chi connectivity index (χ2v) is 5.67. The number of hydrogen-bond acceptors (Lipinski definition) is 3. The van der Waals surface area contributed by atoms with Gasteiger partial charge in [-0.1, -0.05) is 66.2 Å². The van der Waals surface area contributed by atoms with E-state index in [2.05, 4.69) is 0 Å². The van der Waals surface area contributed by atoms with Crippen LogP contribution in [0.1, 0.15) is 46.9 Å². The molecule has 0 radical (unpaired) electrons. The number of benzene rings is 1. The van der Waals surface area contributed by atoms with E-state index in [0.29, 0.717) is 6.42 Å². The lowest BCUT2D eigenvalue weighted by Crippen LogP contribution is -2.14. The lowest BCUT2D eigenvalue weighted by molar-refractivity contribution is 0.0488. The van der Waals surface area contributed by atoms with Crippen molar-refractivity contribution in [3.05, 3.63) is 31.2 Å². The molecule has 1 aromatic rings. The van der Waals surface area contributed by atoms with Gasteiger partial charge in [0.25, 0.3) is 0 Å². The molecule has 0 aliphatic rings. The first-order valence-electron chi connectivity index (χ1n) is 6.09. The molecule has 0 saturated carbocycles. The molecule has 0 aliphatic carbocycles. The molecule has 0 bridgehead atoms. The largest absolute Gasteiger partial charge is 0.478 e. The summed E-state index contributed by atoms with van der Waals surface area (Å²) in [5.74, 6) is -2.34. The van der Waals surface area contributed by atoms with E-state index < -0.39 is 17.5 Å². The third kappa shape index (κ3) is 4.16. The SMILES string of the molecule is CCCCCOC(=O)c1c(Cl)c(Cl)c(Cl)c(Cl)c1C(=O)O. The van der Waals surface area contributed by atoms with Crippen molar-refractivity contribution < 1.29 is 19.4 Å². The lowest BCUT2D eigenvalue weighted by atomic mass is 10.1. The number of aromatic carboxylic acids is 1. The first kappa shape index (κ1) is 18.4. The summed E-state index contributed by atoms with van der Waals surface area (Å²) in [5.41, 5.74) is -0.906. The summed E-state index contributed by atoms with van der Waals surface area (Å²) >= 11 is 23.4. The van der Waals surface area contributed by atoms with Crippen molar-refractivity contribution >= 4 is 58.3 Å². The van der Waals surface area contributed by atoms with Crippen LogP contribution in [0.3, 0.4) is 0 Å². The Bertz CT molecular complexity index is 572. The van der Waals surface area contributed by atoms with Crippen molar-refractivity contribution in [2.75, 3.05) is 6.61 Å². The Morgan fingerprint density at radius 3 is 1.95 bits per heavy atom. The summed E-state index contributed by atoms with van der Waals surface area (Å²) in [5, 5.41) is 8.15. The van der Waals surface area contributed by atoms with Crippen molar-refractivity contribution in [1.82, 2.24) is 0 Å². The van der Waals surface area contributed by atoms with Crippen molar-refractivity contribution in [3.8, 4) is 0 Å². The summed E-state index contributed by atoms with van der Waals surface area (Å²) < 4.78 is 5.00. The van der Waals surface area contributed by atoms with Gasteiger partial charge in [0.1, 0.15) is 0 Å². The predicted octanol–water partition coefficient (Wildman–Crippen LogP) is 5.35. The maximum absolute atomic E-state index is 12.0. The van der Waals surface area contributed by atoms with E-state index in [-0.39, 0.29) is 32.3 Å². The molecule has 21 heavy (non-hydrogen) atoms. The molecule has 0 amide bonds. The summed E-state index contributed by atoms with van der Waals surface area (Å²) in [6, 6.07) is 0. The molecule has 0 unspecified atom stereocenters. The van der Waals surface area contributed by atoms with E-state index in [1.165, 1.54) is 0 Å². The summed E-state index contributed by atoms with van der Waals surface area (Å²) in [6.07, 6.45) is 2.50. The molecule has 1 rings (SSSR count). The third-order valence-corrected chi connectivity index (χ3v) is 4.47. The van der Waals surface area contributed by atoms with Crippen molar-refractivity contribution in [2.45, 2.75) is 26.2 Å². The number of rotatable bonds is 6. The van der Waals surface area contributed by atoms with Gasteiger partial charge in [-0.2, -0.15) is 0 Å². The van der Waals surface area contributed by atoms with E-state index in [1.807, 2.05) is 6.92 Å². The van der Waals surface area contributed by atoms with Gasteiger partial charge in [0.05, 0.1) is 37.8 Å². The van der Waals surface area contributed by atoms with Crippen molar-refractivity contribution in [2.24, 2.45) is 0 Å². The molecule has 0 heterocycles. The minimum atomic E-state index is -1.44. The zero-order chi connectivity index (χ0) is 16.2. The molecule has 0 fully saturated rings. The third-order valence-electron chi connectivity index (χ3n) is 2.67. The molecular weight excluding hydrogens is 362 g/mol. The van der Waals surface area contributed by atoms with E-state index in [9.17, 15) is 14.7 Å². The molecule has 116 valence electrons. The summed E-state index contributed by atoms with van der Waals surface area (Å²) in [4.78, 5) is 23.3. The quantitative estimate of drug-likeness (QED) is 0.316. The molecule has 0 aromatic heterocycles. The second-order valence-electron chi connectivity index (χ2n) is 4.15. The minimum Gasteiger partial charge on any atom is -0.478 e. The van der Waals surface area contributed by atoms with Gasteiger partial charge >= 0.3 is 11.9 Å². The van der Waals surface area contributed by atoms with Crippen LogP contribution in [0.25, 0.3) is 0 Å². The molecule has 0 atom stereocenters. The Morgan fingerprint density at radius 1 is 0.952 bits per heavy atom. The minimum absolute atomic E-state index is 0.153. The number of esters is 1. The zero-order valence-corrected chi connectivity index (χ0v) is 14.0. The number of unbranched alkanes of at least 4 members (excludes halogenated alkanes) is 2. The average molecular weight is 374 g/mol. The van der Waals surface area contributed by atoms with Crippen LogP contribution in [0.5, 0.6) is 0 Å². The Kier molecular flexibility index (Phi) is 7.07. The topological polar surface area (TPSA) is 63.6 Å². The van der Waals surface area contributed by atoms with Crippen molar-refractivity contribution in [3.63, 3.8) is 0 Å². The molecule has 0 saturated heterocycles. The molecule has 8 heteroatoms. The predicted molar refractivity (Wildman–Crippen MR) is 83.2 cm³/mol. The maximum atomic E-state index is 12.0. The van der Waals surface area contributed by atoms with Gasteiger partial charge in [-0.15, -0.1) is 0 Å². The number of hydrogen-bond donors (Lipinski definition) is 1. The smallest absolute Gasteiger partial charge is 0.340 e. The normalized spacial score (nSPS) is 10.5. The van der Waals surface area contributed by atoms with E-state index in [0.717, 1.165) is 12.8 Å². The van der Waals surface area contributed by atoms with Gasteiger partial charge in [0.2, 0.25) is 0 Å². The van der Waals surface area contributed by atoms with Crippen LogP contribution in [-0.2, 0) is 4.74 Å². The number of ether oxygens (including phenoxy) is 1. The molecule has 0 spiro atoms. The van der Waals surface area contributed by atoms with Gasteiger partial charge in [-0.3, -0.25) is 0 Å². The number of carbonyl (C=O) groups is 2. The fourth-order valence-corrected chi connectivity index (χ4v) is 2.62. The maximum Gasteiger partial charge on any atom is 0.340 e. The van der Waals surface area contributed by atoms with Gasteiger partial charge in [-0.25, -0.2) is 9.59 Å². The second kappa shape index (κ2) is 8.08. The Labute approximate surface area is 141 Å². The highest BCUT2D eigenvalue weighted by molar-refractivity contribution is 6.54. The standard InChI is InChI=1S/C13H12Cl4O4/c1-2-3-4-5-21-13(20)7-6(12(18)19)8(14)10(16)11(17)9(7)15/h2-5H2,1H3,(H,18,19). The van der Waals surface area contributed by atoms with Crippen LogP contribution in [0.2, 0.25) is 20.1 Å². The number of carbonyl (C=O) groups excluding carboxylic acids is 1. The fraction of sp³-hybridized carbons (Fsp3) is 0.385. The van der Waals surface area contributed by atoms with Crippen LogP contribution >= 0.6 is 46.4 Å². The Balaban J connectivity index is 3.21. The van der Waals surface area contributed by atoms with E-state index >= 15 is 0 Å². The van der Waals surface area contributed by atoms with E-state index in [1.54, 1.807) is 0 Å². The summed E-state index contributed by atoms with van der Waals surface area (Å²) in [6.45, 7) is 2.15. The van der Waals surface area contributed by atoms with Crippen molar-refractivity contribution in [1.29, 1.82) is 0 Å². The van der Waals surface area contributed by atoms with E-state index in [4.69, 9.17) is 51.1 Å². The number of carboxylic acid groups (broad SMARTS) is 1. The van der Waals surface area contributed by atoms with Gasteiger partial charge in [0, 0.05) is 0 Å². The van der Waals surface area contributed by atoms with Gasteiger partial charge < -0.3 is 9.84 Å². The number of carboxylic acids is 1. The molecular formula is C13H12Cl4O4. The van der Waals surface area contributed by atoms with Gasteiger partial charge in [-0.05, 0) is 6.42 Å². The molecule has 0 aliphatic heterocycles. The van der Waals surface area contributed by atoms with Crippen LogP contribution in [0.15, 0.2) is 0 Å². The average Bonchev–Trinajstić information content (AvgIpc) is 2.44. The van der Waals surface area contributed by atoms with Crippen LogP contribution in [0.4, 0.5) is 0 Å². The lowest BCUT2D eigenvalue weighted by Gasteiger charge is -2.13. The molecule has 1 aromatic carbocycles.